The van der Waals surface area contributed by atoms with E-state index in [0.29, 0.717) is 43.1 Å². The van der Waals surface area contributed by atoms with Crippen LogP contribution >= 0.6 is 11.6 Å². The zero-order valence-corrected chi connectivity index (χ0v) is 20.1. The average molecular weight is 479 g/mol. The minimum atomic E-state index is -3.25. The Morgan fingerprint density at radius 1 is 1.12 bits per heavy atom. The second-order valence-corrected chi connectivity index (χ2v) is 11.0. The second-order valence-electron chi connectivity index (χ2n) is 8.73. The number of aromatic nitrogens is 2. The fourth-order valence-corrected chi connectivity index (χ4v) is 6.20. The molecule has 0 saturated carbocycles. The predicted octanol–water partition coefficient (Wildman–Crippen LogP) is 3.73. The summed E-state index contributed by atoms with van der Waals surface area (Å²) in [6.45, 7) is 2.91. The summed E-state index contributed by atoms with van der Waals surface area (Å²) in [5.74, 6) is 0.0890. The largest absolute Gasteiger partial charge is 0.337 e. The second kappa shape index (κ2) is 9.93. The minimum absolute atomic E-state index is 0.0503. The molecule has 0 bridgehead atoms. The van der Waals surface area contributed by atoms with Crippen LogP contribution in [0.25, 0.3) is 5.69 Å². The van der Waals surface area contributed by atoms with Gasteiger partial charge in [-0.25, -0.2) is 17.8 Å². The number of carbonyl (C=O) groups excluding carboxylic acids is 1. The summed E-state index contributed by atoms with van der Waals surface area (Å²) in [4.78, 5) is 15.3. The highest BCUT2D eigenvalue weighted by Gasteiger charge is 2.31. The van der Waals surface area contributed by atoms with E-state index in [-0.39, 0.29) is 17.7 Å². The summed E-state index contributed by atoms with van der Waals surface area (Å²) in [6, 6.07) is 7.44. The molecule has 0 radical (unpaired) electrons. The van der Waals surface area contributed by atoms with E-state index in [1.165, 1.54) is 0 Å². The van der Waals surface area contributed by atoms with Crippen molar-refractivity contribution >= 4 is 27.5 Å². The van der Waals surface area contributed by atoms with E-state index in [1.54, 1.807) is 0 Å². The van der Waals surface area contributed by atoms with E-state index in [0.717, 1.165) is 49.0 Å². The van der Waals surface area contributed by atoms with Crippen molar-refractivity contribution in [1.29, 1.82) is 0 Å². The number of nitrogens with zero attached hydrogens (tertiary/aromatic N) is 3. The number of piperidine rings is 1. The maximum Gasteiger partial charge on any atom is 0.274 e. The van der Waals surface area contributed by atoms with Crippen molar-refractivity contribution in [3.05, 3.63) is 46.2 Å². The molecule has 1 N–H and O–H groups in total. The highest BCUT2D eigenvalue weighted by atomic mass is 35.5. The first-order chi connectivity index (χ1) is 15.4. The van der Waals surface area contributed by atoms with E-state index >= 15 is 0 Å². The van der Waals surface area contributed by atoms with Gasteiger partial charge in [-0.1, -0.05) is 24.9 Å². The lowest BCUT2D eigenvalue weighted by Crippen LogP contribution is -2.47. The van der Waals surface area contributed by atoms with Crippen molar-refractivity contribution in [2.75, 3.05) is 18.8 Å². The Kier molecular flexibility index (Phi) is 7.22. The third kappa shape index (κ3) is 5.18. The molecule has 1 aliphatic carbocycles. The minimum Gasteiger partial charge on any atom is -0.337 e. The fourth-order valence-electron chi connectivity index (χ4n) is 4.68. The molecule has 1 saturated heterocycles. The van der Waals surface area contributed by atoms with Gasteiger partial charge in [0.1, 0.15) is 0 Å². The molecule has 1 fully saturated rings. The van der Waals surface area contributed by atoms with Crippen molar-refractivity contribution in [3.63, 3.8) is 0 Å². The Morgan fingerprint density at radius 3 is 2.50 bits per heavy atom. The molecule has 1 aromatic carbocycles. The molecular weight excluding hydrogens is 448 g/mol. The van der Waals surface area contributed by atoms with Crippen molar-refractivity contribution in [1.82, 2.24) is 19.4 Å². The van der Waals surface area contributed by atoms with Gasteiger partial charge < -0.3 is 4.90 Å². The van der Waals surface area contributed by atoms with Gasteiger partial charge >= 0.3 is 0 Å². The number of halogens is 1. The number of rotatable bonds is 6. The maximum atomic E-state index is 13.5. The quantitative estimate of drug-likeness (QED) is 0.641. The summed E-state index contributed by atoms with van der Waals surface area (Å²) in [7, 11) is -3.25. The van der Waals surface area contributed by atoms with Crippen LogP contribution in [0.1, 0.15) is 67.2 Å². The molecule has 1 amide bonds. The fraction of sp³-hybridized carbons (Fsp3) is 0.565. The Morgan fingerprint density at radius 2 is 1.81 bits per heavy atom. The summed E-state index contributed by atoms with van der Waals surface area (Å²) >= 11 is 6.06. The average Bonchev–Trinajstić information content (AvgIpc) is 2.95. The van der Waals surface area contributed by atoms with E-state index in [9.17, 15) is 13.2 Å². The molecule has 1 aromatic heterocycles. The highest BCUT2D eigenvalue weighted by Crippen LogP contribution is 2.28. The number of hydrogen-bond acceptors (Lipinski definition) is 4. The Balaban J connectivity index is 1.53. The molecule has 0 unspecified atom stereocenters. The Labute approximate surface area is 195 Å². The molecule has 9 heteroatoms. The summed E-state index contributed by atoms with van der Waals surface area (Å²) < 4.78 is 28.8. The van der Waals surface area contributed by atoms with Gasteiger partial charge in [-0.05, 0) is 69.2 Å². The SMILES string of the molecule is CCCS(=O)(=O)NC1CCN(C(=O)c2nn(-c3ccc(Cl)cc3)c3c2CCCCC3)CC1. The topological polar surface area (TPSA) is 84.3 Å². The Hall–Kier alpha value is -1.90. The standard InChI is InChI=1S/C23H31ClN4O3S/c1-2-16-32(30,31)26-18-12-14-27(15-13-18)23(29)22-20-6-4-3-5-7-21(20)28(25-22)19-10-8-17(24)9-11-19/h8-11,18,26H,2-7,12-16H2,1H3. The summed E-state index contributed by atoms with van der Waals surface area (Å²) in [5.41, 5.74) is 3.64. The molecule has 32 heavy (non-hydrogen) atoms. The molecule has 4 rings (SSSR count). The number of fused-ring (bicyclic) bond motifs is 1. The van der Waals surface area contributed by atoms with E-state index in [2.05, 4.69) is 4.72 Å². The third-order valence-electron chi connectivity index (χ3n) is 6.31. The van der Waals surface area contributed by atoms with Gasteiger partial charge in [0, 0.05) is 35.4 Å². The third-order valence-corrected chi connectivity index (χ3v) is 8.20. The van der Waals surface area contributed by atoms with Gasteiger partial charge in [-0.15, -0.1) is 0 Å². The highest BCUT2D eigenvalue weighted by molar-refractivity contribution is 7.89. The number of carbonyl (C=O) groups is 1. The van der Waals surface area contributed by atoms with Crippen molar-refractivity contribution < 1.29 is 13.2 Å². The maximum absolute atomic E-state index is 13.5. The number of amides is 1. The van der Waals surface area contributed by atoms with Gasteiger partial charge in [0.25, 0.3) is 5.91 Å². The van der Waals surface area contributed by atoms with Crippen LogP contribution in [-0.2, 0) is 22.9 Å². The van der Waals surface area contributed by atoms with Crippen LogP contribution in [0.5, 0.6) is 0 Å². The summed E-state index contributed by atoms with van der Waals surface area (Å²) in [5, 5.41) is 5.45. The van der Waals surface area contributed by atoms with Gasteiger partial charge in [-0.2, -0.15) is 5.10 Å². The smallest absolute Gasteiger partial charge is 0.274 e. The van der Waals surface area contributed by atoms with Crippen LogP contribution in [0.3, 0.4) is 0 Å². The van der Waals surface area contributed by atoms with E-state index < -0.39 is 10.0 Å². The van der Waals surface area contributed by atoms with Crippen LogP contribution in [0.2, 0.25) is 5.02 Å². The van der Waals surface area contributed by atoms with Crippen LogP contribution in [-0.4, -0.2) is 53.9 Å². The predicted molar refractivity (Wildman–Crippen MR) is 126 cm³/mol. The lowest BCUT2D eigenvalue weighted by Gasteiger charge is -2.32. The molecule has 7 nitrogen and oxygen atoms in total. The zero-order chi connectivity index (χ0) is 22.7. The molecule has 2 heterocycles. The van der Waals surface area contributed by atoms with Gasteiger partial charge in [-0.3, -0.25) is 4.79 Å². The normalized spacial score (nSPS) is 17.8. The van der Waals surface area contributed by atoms with Gasteiger partial charge in [0.05, 0.1) is 11.4 Å². The number of hydrogen-bond donors (Lipinski definition) is 1. The van der Waals surface area contributed by atoms with Crippen LogP contribution in [0, 0.1) is 0 Å². The molecule has 2 aromatic rings. The number of benzene rings is 1. The van der Waals surface area contributed by atoms with Crippen LogP contribution < -0.4 is 4.72 Å². The zero-order valence-electron chi connectivity index (χ0n) is 18.5. The summed E-state index contributed by atoms with van der Waals surface area (Å²) in [6.07, 6.45) is 6.88. The Bertz CT molecular complexity index is 1060. The van der Waals surface area contributed by atoms with E-state index in [1.807, 2.05) is 40.8 Å². The van der Waals surface area contributed by atoms with Crippen molar-refractivity contribution in [2.45, 2.75) is 64.3 Å². The van der Waals surface area contributed by atoms with E-state index in [4.69, 9.17) is 16.7 Å². The molecule has 0 atom stereocenters. The molecule has 1 aliphatic heterocycles. The first-order valence-corrected chi connectivity index (χ1v) is 13.6. The number of nitrogens with one attached hydrogen (secondary N) is 1. The molecule has 2 aliphatic rings. The van der Waals surface area contributed by atoms with Crippen LogP contribution in [0.4, 0.5) is 0 Å². The van der Waals surface area contributed by atoms with Gasteiger partial charge in [0.2, 0.25) is 10.0 Å². The number of sulfonamides is 1. The monoisotopic (exact) mass is 478 g/mol. The van der Waals surface area contributed by atoms with Crippen molar-refractivity contribution in [3.8, 4) is 5.69 Å². The van der Waals surface area contributed by atoms with Crippen molar-refractivity contribution in [2.24, 2.45) is 0 Å². The molecule has 0 spiro atoms. The molecule has 174 valence electrons. The van der Waals surface area contributed by atoms with Gasteiger partial charge in [0.15, 0.2) is 5.69 Å². The van der Waals surface area contributed by atoms with Crippen LogP contribution in [0.15, 0.2) is 24.3 Å². The lowest BCUT2D eigenvalue weighted by atomic mass is 10.0. The number of likely N-dealkylation sites (tertiary alicyclic amines) is 1. The first-order valence-electron chi connectivity index (χ1n) is 11.5. The first kappa shape index (κ1) is 23.3. The molecular formula is C23H31ClN4O3S. The lowest BCUT2D eigenvalue weighted by molar-refractivity contribution is 0.0703.